The van der Waals surface area contributed by atoms with Gasteiger partial charge in [0.25, 0.3) is 5.91 Å². The van der Waals surface area contributed by atoms with E-state index >= 15 is 0 Å². The number of rotatable bonds is 7. The molecule has 7 heteroatoms. The molecule has 5 aromatic rings. The number of anilines is 1. The van der Waals surface area contributed by atoms with Crippen molar-refractivity contribution < 1.29 is 4.79 Å². The lowest BCUT2D eigenvalue weighted by molar-refractivity contribution is 0.0940. The molecule has 3 aromatic carbocycles. The molecule has 5 rings (SSSR count). The lowest BCUT2D eigenvalue weighted by Crippen LogP contribution is -2.33. The van der Waals surface area contributed by atoms with Crippen LogP contribution in [0.25, 0.3) is 22.2 Å². The van der Waals surface area contributed by atoms with Crippen molar-refractivity contribution in [3.05, 3.63) is 101 Å². The number of nitrogens with one attached hydrogen (secondary N) is 1. The third-order valence-electron chi connectivity index (χ3n) is 6.29. The summed E-state index contributed by atoms with van der Waals surface area (Å²) in [5, 5.41) is 7.71. The summed E-state index contributed by atoms with van der Waals surface area (Å²) in [6, 6.07) is 25.6. The smallest absolute Gasteiger partial charge is 0.257 e. The van der Waals surface area contributed by atoms with Gasteiger partial charge in [-0.2, -0.15) is 9.78 Å². The molecule has 2 aromatic heterocycles. The van der Waals surface area contributed by atoms with E-state index in [1.807, 2.05) is 80.6 Å². The normalized spacial score (nSPS) is 12.4. The minimum absolute atomic E-state index is 0.0561. The predicted molar refractivity (Wildman–Crippen MR) is 145 cm³/mol. The van der Waals surface area contributed by atoms with Crippen molar-refractivity contribution in [2.75, 3.05) is 5.73 Å². The topological polar surface area (TPSA) is 98.2 Å². The van der Waals surface area contributed by atoms with Gasteiger partial charge in [-0.15, -0.1) is 0 Å². The highest BCUT2D eigenvalue weighted by Gasteiger charge is 2.25. The molecule has 36 heavy (non-hydrogen) atoms. The van der Waals surface area contributed by atoms with Gasteiger partial charge in [-0.25, -0.2) is 9.97 Å². The third-order valence-corrected chi connectivity index (χ3v) is 6.29. The molecule has 0 aliphatic heterocycles. The first-order valence-corrected chi connectivity index (χ1v) is 12.0. The molecule has 0 spiro atoms. The van der Waals surface area contributed by atoms with E-state index in [1.54, 1.807) is 6.21 Å². The van der Waals surface area contributed by atoms with E-state index in [1.165, 1.54) is 10.2 Å². The molecule has 0 saturated heterocycles. The molecule has 2 heterocycles. The maximum Gasteiger partial charge on any atom is 0.257 e. The molecule has 1 unspecified atom stereocenters. The zero-order chi connectivity index (χ0) is 25.1. The molecular formula is C29H28N6O. The number of para-hydroxylation sites is 2. The molecule has 0 aliphatic rings. The van der Waals surface area contributed by atoms with Crippen LogP contribution in [0.1, 0.15) is 40.4 Å². The largest absolute Gasteiger partial charge is 0.383 e. The number of nitrogens with two attached hydrogens (primary N) is 1. The number of carbonyl (C=O) groups excluding carboxylic acids is 1. The number of aromatic nitrogens is 3. The van der Waals surface area contributed by atoms with Crippen molar-refractivity contribution in [2.24, 2.45) is 5.10 Å². The van der Waals surface area contributed by atoms with E-state index in [0.29, 0.717) is 22.2 Å². The van der Waals surface area contributed by atoms with Gasteiger partial charge in [-0.3, -0.25) is 4.79 Å². The van der Waals surface area contributed by atoms with E-state index in [2.05, 4.69) is 22.6 Å². The molecule has 1 amide bonds. The second-order valence-corrected chi connectivity index (χ2v) is 8.96. The van der Waals surface area contributed by atoms with Crippen LogP contribution in [0, 0.1) is 6.92 Å². The van der Waals surface area contributed by atoms with Gasteiger partial charge in [0.05, 0.1) is 17.2 Å². The highest BCUT2D eigenvalue weighted by molar-refractivity contribution is 6.10. The van der Waals surface area contributed by atoms with Crippen LogP contribution in [0.5, 0.6) is 0 Å². The van der Waals surface area contributed by atoms with Crippen LogP contribution in [0.3, 0.4) is 0 Å². The van der Waals surface area contributed by atoms with E-state index in [0.717, 1.165) is 24.0 Å². The molecule has 3 N–H and O–H groups in total. The number of amides is 1. The van der Waals surface area contributed by atoms with Gasteiger partial charge < -0.3 is 11.1 Å². The van der Waals surface area contributed by atoms with Crippen LogP contribution in [0.2, 0.25) is 0 Å². The Balaban J connectivity index is 1.51. The average Bonchev–Trinajstić information content (AvgIpc) is 3.16. The molecule has 0 radical (unpaired) electrons. The minimum Gasteiger partial charge on any atom is -0.383 e. The molecule has 1 atom stereocenters. The first kappa shape index (κ1) is 23.2. The van der Waals surface area contributed by atoms with Crippen molar-refractivity contribution in [1.29, 1.82) is 0 Å². The average molecular weight is 477 g/mol. The molecule has 7 nitrogen and oxygen atoms in total. The zero-order valence-corrected chi connectivity index (χ0v) is 20.3. The number of nitrogens with zero attached hydrogens (tertiary/aromatic N) is 4. The summed E-state index contributed by atoms with van der Waals surface area (Å²) in [5.41, 5.74) is 12.4. The van der Waals surface area contributed by atoms with Crippen LogP contribution in [-0.4, -0.2) is 32.8 Å². The SMILES string of the molecule is Cc1ccccc1C=Nn1c(N)c(C(=O)NC(C)CCc2ccccc2)c2nc3ccccc3nc21. The second kappa shape index (κ2) is 10.00. The summed E-state index contributed by atoms with van der Waals surface area (Å²) >= 11 is 0. The Morgan fingerprint density at radius 1 is 1.00 bits per heavy atom. The molecule has 0 saturated carbocycles. The molecule has 0 aliphatic carbocycles. The summed E-state index contributed by atoms with van der Waals surface area (Å²) in [5.74, 6) is -0.0783. The fourth-order valence-corrected chi connectivity index (χ4v) is 4.24. The maximum absolute atomic E-state index is 13.5. The number of carbonyl (C=O) groups is 1. The van der Waals surface area contributed by atoms with Crippen molar-refractivity contribution in [3.8, 4) is 0 Å². The number of fused-ring (bicyclic) bond motifs is 2. The van der Waals surface area contributed by atoms with E-state index in [9.17, 15) is 4.79 Å². The first-order chi connectivity index (χ1) is 17.5. The maximum atomic E-state index is 13.5. The lowest BCUT2D eigenvalue weighted by Gasteiger charge is -2.14. The van der Waals surface area contributed by atoms with Crippen molar-refractivity contribution >= 4 is 40.1 Å². The Kier molecular flexibility index (Phi) is 6.45. The second-order valence-electron chi connectivity index (χ2n) is 8.96. The Bertz CT molecular complexity index is 1570. The Labute approximate surface area is 209 Å². The van der Waals surface area contributed by atoms with Crippen LogP contribution in [-0.2, 0) is 6.42 Å². The fraction of sp³-hybridized carbons (Fsp3) is 0.172. The standard InChI is InChI=1S/C29H28N6O/c1-19-10-6-7-13-22(19)18-31-35-27(30)25(26-28(35)34-24-15-9-8-14-23(24)33-26)29(36)32-20(2)16-17-21-11-4-3-5-12-21/h3-15,18,20H,16-17,30H2,1-2H3,(H,32,36). The number of nitrogen functional groups attached to an aromatic ring is 1. The quantitative estimate of drug-likeness (QED) is 0.319. The van der Waals surface area contributed by atoms with Gasteiger partial charge in [-0.05, 0) is 55.5 Å². The van der Waals surface area contributed by atoms with Crippen molar-refractivity contribution in [3.63, 3.8) is 0 Å². The summed E-state index contributed by atoms with van der Waals surface area (Å²) in [6.07, 6.45) is 3.39. The van der Waals surface area contributed by atoms with E-state index in [-0.39, 0.29) is 23.3 Å². The number of aryl methyl sites for hydroxylation is 2. The van der Waals surface area contributed by atoms with Crippen LogP contribution in [0.15, 0.2) is 84.0 Å². The Morgan fingerprint density at radius 3 is 2.42 bits per heavy atom. The summed E-state index contributed by atoms with van der Waals surface area (Å²) in [4.78, 5) is 23.0. The van der Waals surface area contributed by atoms with E-state index in [4.69, 9.17) is 15.7 Å². The minimum atomic E-state index is -0.285. The van der Waals surface area contributed by atoms with Crippen molar-refractivity contribution in [2.45, 2.75) is 32.7 Å². The van der Waals surface area contributed by atoms with Gasteiger partial charge in [0.15, 0.2) is 5.65 Å². The monoisotopic (exact) mass is 476 g/mol. The van der Waals surface area contributed by atoms with Gasteiger partial charge in [0.2, 0.25) is 0 Å². The van der Waals surface area contributed by atoms with Gasteiger partial charge in [-0.1, -0.05) is 66.7 Å². The predicted octanol–water partition coefficient (Wildman–Crippen LogP) is 5.11. The van der Waals surface area contributed by atoms with Crippen LogP contribution in [0.4, 0.5) is 5.82 Å². The highest BCUT2D eigenvalue weighted by Crippen LogP contribution is 2.28. The van der Waals surface area contributed by atoms with Crippen LogP contribution < -0.4 is 11.1 Å². The highest BCUT2D eigenvalue weighted by atomic mass is 16.1. The van der Waals surface area contributed by atoms with Gasteiger partial charge in [0.1, 0.15) is 16.9 Å². The van der Waals surface area contributed by atoms with Crippen molar-refractivity contribution in [1.82, 2.24) is 20.0 Å². The molecule has 0 fully saturated rings. The number of hydrogen-bond acceptors (Lipinski definition) is 5. The molecular weight excluding hydrogens is 448 g/mol. The zero-order valence-electron chi connectivity index (χ0n) is 20.3. The Morgan fingerprint density at radius 2 is 1.67 bits per heavy atom. The first-order valence-electron chi connectivity index (χ1n) is 12.0. The lowest BCUT2D eigenvalue weighted by atomic mass is 10.1. The summed E-state index contributed by atoms with van der Waals surface area (Å²) < 4.78 is 1.50. The fourth-order valence-electron chi connectivity index (χ4n) is 4.24. The molecule has 0 bridgehead atoms. The summed E-state index contributed by atoms with van der Waals surface area (Å²) in [6.45, 7) is 4.01. The van der Waals surface area contributed by atoms with E-state index < -0.39 is 0 Å². The van der Waals surface area contributed by atoms with Gasteiger partial charge in [0, 0.05) is 6.04 Å². The van der Waals surface area contributed by atoms with Crippen LogP contribution >= 0.6 is 0 Å². The molecule has 180 valence electrons. The Hall–Kier alpha value is -4.52. The number of benzene rings is 3. The van der Waals surface area contributed by atoms with Gasteiger partial charge >= 0.3 is 0 Å². The summed E-state index contributed by atoms with van der Waals surface area (Å²) in [7, 11) is 0. The number of hydrogen-bond donors (Lipinski definition) is 2. The third kappa shape index (κ3) is 4.68.